The maximum Gasteiger partial charge on any atom is 0.145 e. The minimum atomic E-state index is 0.113. The predicted octanol–water partition coefficient (Wildman–Crippen LogP) is 5.34. The average Bonchev–Trinajstić information content (AvgIpc) is 3.22. The van der Waals surface area contributed by atoms with Gasteiger partial charge in [0, 0.05) is 10.8 Å². The Morgan fingerprint density at radius 1 is 0.739 bits per heavy atom. The molecule has 10 unspecified atom stereocenters. The van der Waals surface area contributed by atoms with Gasteiger partial charge in [0.2, 0.25) is 0 Å². The first-order valence-corrected chi connectivity index (χ1v) is 10.5. The van der Waals surface area contributed by atoms with E-state index in [1.807, 2.05) is 0 Å². The Balaban J connectivity index is 1.52. The Labute approximate surface area is 142 Å². The second-order valence-corrected chi connectivity index (χ2v) is 10.5. The van der Waals surface area contributed by atoms with E-state index in [1.165, 1.54) is 44.9 Å². The highest BCUT2D eigenvalue weighted by Gasteiger charge is 2.69. The van der Waals surface area contributed by atoms with Crippen molar-refractivity contribution in [3.05, 3.63) is 0 Å². The molecule has 5 aliphatic rings. The fourth-order valence-electron chi connectivity index (χ4n) is 8.88. The zero-order valence-electron chi connectivity index (χ0n) is 15.5. The molecule has 2 spiro atoms. The van der Waals surface area contributed by atoms with Crippen LogP contribution in [0.4, 0.5) is 0 Å². The minimum absolute atomic E-state index is 0.113. The minimum Gasteiger partial charge on any atom is -0.298 e. The quantitative estimate of drug-likeness (QED) is 0.590. The van der Waals surface area contributed by atoms with Gasteiger partial charge in [0.05, 0.1) is 0 Å². The van der Waals surface area contributed by atoms with Crippen molar-refractivity contribution in [2.75, 3.05) is 0 Å². The van der Waals surface area contributed by atoms with Crippen molar-refractivity contribution in [2.24, 2.45) is 58.2 Å². The van der Waals surface area contributed by atoms with Crippen LogP contribution in [0.1, 0.15) is 72.6 Å². The van der Waals surface area contributed by atoms with E-state index in [4.69, 9.17) is 0 Å². The van der Waals surface area contributed by atoms with E-state index in [0.29, 0.717) is 0 Å². The Bertz CT molecular complexity index is 502. The summed E-state index contributed by atoms with van der Waals surface area (Å²) in [7, 11) is 0. The van der Waals surface area contributed by atoms with Crippen LogP contribution in [0, 0.1) is 58.2 Å². The monoisotopic (exact) mass is 314 g/mol. The van der Waals surface area contributed by atoms with E-state index in [1.54, 1.807) is 0 Å². The molecule has 10 atom stereocenters. The topological polar surface area (TPSA) is 17.1 Å². The standard InChI is InChI=1S/C22H34O/c1-12-14(3)18-8-16(12)10-21(18)6-5-7-22(20(21)23)11-17-9-19(22)15(4)13(17)2/h12-19H,5-11H2,1-4H3. The summed E-state index contributed by atoms with van der Waals surface area (Å²) in [6.45, 7) is 9.81. The van der Waals surface area contributed by atoms with Crippen molar-refractivity contribution in [3.63, 3.8) is 0 Å². The molecule has 1 heteroatoms. The van der Waals surface area contributed by atoms with Crippen LogP contribution in [0.3, 0.4) is 0 Å². The molecule has 0 aromatic heterocycles. The molecule has 0 N–H and O–H groups in total. The molecule has 5 aliphatic carbocycles. The van der Waals surface area contributed by atoms with E-state index in [2.05, 4.69) is 27.7 Å². The van der Waals surface area contributed by atoms with Gasteiger partial charge in [-0.1, -0.05) is 34.1 Å². The highest BCUT2D eigenvalue weighted by atomic mass is 16.1. The number of ketones is 1. The van der Waals surface area contributed by atoms with Crippen LogP contribution < -0.4 is 0 Å². The molecule has 23 heavy (non-hydrogen) atoms. The Hall–Kier alpha value is -0.330. The van der Waals surface area contributed by atoms with Crippen molar-refractivity contribution in [1.82, 2.24) is 0 Å². The summed E-state index contributed by atoms with van der Waals surface area (Å²) in [4.78, 5) is 14.1. The van der Waals surface area contributed by atoms with Gasteiger partial charge >= 0.3 is 0 Å². The zero-order valence-corrected chi connectivity index (χ0v) is 15.5. The van der Waals surface area contributed by atoms with Crippen molar-refractivity contribution >= 4 is 5.78 Å². The number of Topliss-reactive ketones (excluding diaryl/α,β-unsaturated/α-hetero) is 1. The molecule has 4 bridgehead atoms. The van der Waals surface area contributed by atoms with E-state index in [9.17, 15) is 4.79 Å². The Kier molecular flexibility index (Phi) is 2.89. The number of fused-ring (bicyclic) bond motifs is 6. The third-order valence-corrected chi connectivity index (χ3v) is 10.4. The van der Waals surface area contributed by atoms with Crippen molar-refractivity contribution in [2.45, 2.75) is 72.6 Å². The van der Waals surface area contributed by atoms with Crippen LogP contribution in [-0.4, -0.2) is 5.78 Å². The first-order valence-electron chi connectivity index (χ1n) is 10.5. The summed E-state index contributed by atoms with van der Waals surface area (Å²) < 4.78 is 0. The molecule has 0 aromatic rings. The zero-order chi connectivity index (χ0) is 16.1. The fraction of sp³-hybridized carbons (Fsp3) is 0.955. The SMILES string of the molecule is CC1C2CC(C1C)C1(CCCC3(CC4CC3C(C)C4C)C1=O)C2. The molecule has 5 fully saturated rings. The third kappa shape index (κ3) is 1.54. The third-order valence-electron chi connectivity index (χ3n) is 10.4. The maximum absolute atomic E-state index is 14.1. The van der Waals surface area contributed by atoms with Gasteiger partial charge in [-0.2, -0.15) is 0 Å². The van der Waals surface area contributed by atoms with E-state index < -0.39 is 0 Å². The van der Waals surface area contributed by atoms with Gasteiger partial charge in [0.15, 0.2) is 0 Å². The maximum atomic E-state index is 14.1. The van der Waals surface area contributed by atoms with Gasteiger partial charge in [-0.15, -0.1) is 0 Å². The smallest absolute Gasteiger partial charge is 0.145 e. The van der Waals surface area contributed by atoms with Crippen molar-refractivity contribution in [3.8, 4) is 0 Å². The van der Waals surface area contributed by atoms with Crippen LogP contribution in [0.2, 0.25) is 0 Å². The molecule has 0 saturated heterocycles. The molecule has 128 valence electrons. The van der Waals surface area contributed by atoms with Crippen molar-refractivity contribution < 1.29 is 4.79 Å². The summed E-state index contributed by atoms with van der Waals surface area (Å²) in [5, 5.41) is 0. The Morgan fingerprint density at radius 3 is 1.52 bits per heavy atom. The van der Waals surface area contributed by atoms with Crippen LogP contribution >= 0.6 is 0 Å². The van der Waals surface area contributed by atoms with Gasteiger partial charge < -0.3 is 0 Å². The predicted molar refractivity (Wildman–Crippen MR) is 92.8 cm³/mol. The van der Waals surface area contributed by atoms with Gasteiger partial charge in [0.1, 0.15) is 5.78 Å². The number of carbonyl (C=O) groups is 1. The lowest BCUT2D eigenvalue weighted by molar-refractivity contribution is -0.157. The molecule has 0 heterocycles. The van der Waals surface area contributed by atoms with Crippen LogP contribution in [-0.2, 0) is 4.79 Å². The molecule has 0 aliphatic heterocycles. The molecule has 0 aromatic carbocycles. The molecular weight excluding hydrogens is 280 g/mol. The summed E-state index contributed by atoms with van der Waals surface area (Å²) >= 11 is 0. The Morgan fingerprint density at radius 2 is 1.17 bits per heavy atom. The molecule has 0 amide bonds. The molecule has 5 rings (SSSR count). The van der Waals surface area contributed by atoms with E-state index in [0.717, 1.165) is 53.1 Å². The van der Waals surface area contributed by atoms with Gasteiger partial charge in [-0.3, -0.25) is 4.79 Å². The number of hydrogen-bond acceptors (Lipinski definition) is 1. The van der Waals surface area contributed by atoms with Crippen LogP contribution in [0.15, 0.2) is 0 Å². The molecular formula is C22H34O. The van der Waals surface area contributed by atoms with Gasteiger partial charge in [0.25, 0.3) is 0 Å². The lowest BCUT2D eigenvalue weighted by atomic mass is 9.48. The summed E-state index contributed by atoms with van der Waals surface area (Å²) in [6.07, 6.45) is 9.03. The summed E-state index contributed by atoms with van der Waals surface area (Å²) in [5.74, 6) is 7.20. The number of carbonyl (C=O) groups excluding carboxylic acids is 1. The lowest BCUT2D eigenvalue weighted by Crippen LogP contribution is -2.55. The van der Waals surface area contributed by atoms with Crippen LogP contribution in [0.25, 0.3) is 0 Å². The molecule has 5 saturated carbocycles. The first-order chi connectivity index (χ1) is 10.9. The first kappa shape index (κ1) is 15.0. The molecule has 0 radical (unpaired) electrons. The van der Waals surface area contributed by atoms with Gasteiger partial charge in [-0.25, -0.2) is 0 Å². The van der Waals surface area contributed by atoms with Crippen LogP contribution in [0.5, 0.6) is 0 Å². The summed E-state index contributed by atoms with van der Waals surface area (Å²) in [6, 6.07) is 0. The van der Waals surface area contributed by atoms with E-state index >= 15 is 0 Å². The van der Waals surface area contributed by atoms with Gasteiger partial charge in [-0.05, 0) is 85.9 Å². The average molecular weight is 315 g/mol. The second-order valence-electron chi connectivity index (χ2n) is 10.5. The number of rotatable bonds is 0. The highest BCUT2D eigenvalue weighted by molar-refractivity contribution is 5.92. The van der Waals surface area contributed by atoms with Crippen molar-refractivity contribution in [1.29, 1.82) is 0 Å². The summed E-state index contributed by atoms with van der Waals surface area (Å²) in [5.41, 5.74) is 0.227. The molecule has 1 nitrogen and oxygen atoms in total. The highest BCUT2D eigenvalue weighted by Crippen LogP contribution is 2.72. The second kappa shape index (κ2) is 4.44. The fourth-order valence-corrected chi connectivity index (χ4v) is 8.88. The normalized spacial score (nSPS) is 63.7. The number of hydrogen-bond donors (Lipinski definition) is 0. The largest absolute Gasteiger partial charge is 0.298 e. The van der Waals surface area contributed by atoms with E-state index in [-0.39, 0.29) is 10.8 Å². The lowest BCUT2D eigenvalue weighted by Gasteiger charge is -2.54.